The summed E-state index contributed by atoms with van der Waals surface area (Å²) in [5, 5.41) is 0. The van der Waals surface area contributed by atoms with Crippen LogP contribution in [-0.4, -0.2) is 35.7 Å². The Bertz CT molecular complexity index is 439. The molecule has 5 heteroatoms. The Labute approximate surface area is 114 Å². The molecule has 0 spiro atoms. The largest absolute Gasteiger partial charge is 0.478 e. The lowest BCUT2D eigenvalue weighted by molar-refractivity contribution is 0.271. The minimum absolute atomic E-state index is 0.386. The molecule has 5 nitrogen and oxygen atoms in total. The van der Waals surface area contributed by atoms with E-state index in [1.54, 1.807) is 6.20 Å². The first-order chi connectivity index (χ1) is 9.26. The van der Waals surface area contributed by atoms with E-state index >= 15 is 0 Å². The van der Waals surface area contributed by atoms with Crippen LogP contribution in [0.2, 0.25) is 0 Å². The van der Waals surface area contributed by atoms with E-state index in [1.165, 1.54) is 6.42 Å². The summed E-state index contributed by atoms with van der Waals surface area (Å²) in [6.07, 6.45) is 5.33. The third-order valence-corrected chi connectivity index (χ3v) is 4.28. The molecule has 1 aliphatic heterocycles. The summed E-state index contributed by atoms with van der Waals surface area (Å²) in [5.41, 5.74) is 6.07. The molecular weight excluding hydrogens is 240 g/mol. The van der Waals surface area contributed by atoms with Gasteiger partial charge in [0.1, 0.15) is 0 Å². The van der Waals surface area contributed by atoms with Gasteiger partial charge >= 0.3 is 0 Å². The first kappa shape index (κ1) is 12.7. The molecule has 0 amide bonds. The first-order valence-electron chi connectivity index (χ1n) is 7.22. The standard InChI is InChI=1S/C14H22N4O/c1-2-19-13-5-6-16-14(17-13)18-8-10-3-4-12(15)7-11(10)9-18/h5-6,10-12H,2-4,7-9,15H2,1H3/t10-,11+,12?/m1/s1. The molecule has 1 aliphatic carbocycles. The fourth-order valence-electron chi connectivity index (χ4n) is 3.34. The van der Waals surface area contributed by atoms with E-state index in [0.717, 1.165) is 37.8 Å². The van der Waals surface area contributed by atoms with Crippen molar-refractivity contribution in [2.45, 2.75) is 32.2 Å². The smallest absolute Gasteiger partial charge is 0.228 e. The van der Waals surface area contributed by atoms with Crippen molar-refractivity contribution in [2.75, 3.05) is 24.6 Å². The second-order valence-electron chi connectivity index (χ2n) is 5.63. The van der Waals surface area contributed by atoms with E-state index in [-0.39, 0.29) is 0 Å². The van der Waals surface area contributed by atoms with Crippen molar-refractivity contribution < 1.29 is 4.74 Å². The maximum absolute atomic E-state index is 6.07. The maximum atomic E-state index is 6.07. The van der Waals surface area contributed by atoms with Crippen molar-refractivity contribution in [1.29, 1.82) is 0 Å². The predicted octanol–water partition coefficient (Wildman–Crippen LogP) is 1.44. The van der Waals surface area contributed by atoms with Gasteiger partial charge in [0.2, 0.25) is 11.8 Å². The van der Waals surface area contributed by atoms with Crippen LogP contribution in [0.25, 0.3) is 0 Å². The molecule has 0 aromatic carbocycles. The Kier molecular flexibility index (Phi) is 3.55. The Morgan fingerprint density at radius 1 is 1.37 bits per heavy atom. The monoisotopic (exact) mass is 262 g/mol. The number of nitrogens with zero attached hydrogens (tertiary/aromatic N) is 3. The zero-order chi connectivity index (χ0) is 13.2. The minimum Gasteiger partial charge on any atom is -0.478 e. The molecule has 104 valence electrons. The summed E-state index contributed by atoms with van der Waals surface area (Å²) in [6.45, 7) is 4.70. The van der Waals surface area contributed by atoms with E-state index < -0.39 is 0 Å². The maximum Gasteiger partial charge on any atom is 0.228 e. The molecule has 1 aromatic rings. The van der Waals surface area contributed by atoms with Crippen LogP contribution in [0.1, 0.15) is 26.2 Å². The minimum atomic E-state index is 0.386. The van der Waals surface area contributed by atoms with Crippen LogP contribution < -0.4 is 15.4 Å². The lowest BCUT2D eigenvalue weighted by atomic mass is 9.79. The Morgan fingerprint density at radius 3 is 3.05 bits per heavy atom. The predicted molar refractivity (Wildman–Crippen MR) is 74.2 cm³/mol. The van der Waals surface area contributed by atoms with Gasteiger partial charge in [0, 0.05) is 31.4 Å². The van der Waals surface area contributed by atoms with Gasteiger partial charge in [-0.3, -0.25) is 0 Å². The third-order valence-electron chi connectivity index (χ3n) is 4.28. The van der Waals surface area contributed by atoms with E-state index in [0.29, 0.717) is 24.4 Å². The molecular formula is C14H22N4O. The average molecular weight is 262 g/mol. The quantitative estimate of drug-likeness (QED) is 0.893. The Morgan fingerprint density at radius 2 is 2.21 bits per heavy atom. The summed E-state index contributed by atoms with van der Waals surface area (Å²) in [5.74, 6) is 2.94. The summed E-state index contributed by atoms with van der Waals surface area (Å²) >= 11 is 0. The van der Waals surface area contributed by atoms with Gasteiger partial charge in [0.15, 0.2) is 0 Å². The van der Waals surface area contributed by atoms with Crippen molar-refractivity contribution in [2.24, 2.45) is 17.6 Å². The Hall–Kier alpha value is -1.36. The van der Waals surface area contributed by atoms with E-state index in [2.05, 4.69) is 14.9 Å². The molecule has 2 fully saturated rings. The SMILES string of the molecule is CCOc1ccnc(N2C[C@H]3CCC(N)C[C@H]3C2)n1. The van der Waals surface area contributed by atoms with Gasteiger partial charge in [-0.2, -0.15) is 4.98 Å². The van der Waals surface area contributed by atoms with Crippen LogP contribution in [0.5, 0.6) is 5.88 Å². The molecule has 2 N–H and O–H groups in total. The molecule has 0 bridgehead atoms. The number of hydrogen-bond acceptors (Lipinski definition) is 5. The topological polar surface area (TPSA) is 64.3 Å². The van der Waals surface area contributed by atoms with Crippen LogP contribution >= 0.6 is 0 Å². The zero-order valence-corrected chi connectivity index (χ0v) is 11.5. The number of nitrogens with two attached hydrogens (primary N) is 1. The lowest BCUT2D eigenvalue weighted by Gasteiger charge is -2.27. The van der Waals surface area contributed by atoms with Gasteiger partial charge < -0.3 is 15.4 Å². The lowest BCUT2D eigenvalue weighted by Crippen LogP contribution is -2.32. The summed E-state index contributed by atoms with van der Waals surface area (Å²) < 4.78 is 5.44. The van der Waals surface area contributed by atoms with Crippen molar-refractivity contribution >= 4 is 5.95 Å². The molecule has 3 atom stereocenters. The van der Waals surface area contributed by atoms with Gasteiger partial charge in [-0.25, -0.2) is 4.98 Å². The molecule has 0 radical (unpaired) electrons. The number of aromatic nitrogens is 2. The van der Waals surface area contributed by atoms with Gasteiger partial charge in [0.05, 0.1) is 6.61 Å². The second-order valence-corrected chi connectivity index (χ2v) is 5.63. The second kappa shape index (κ2) is 5.33. The summed E-state index contributed by atoms with van der Waals surface area (Å²) in [7, 11) is 0. The normalized spacial score (nSPS) is 30.2. The van der Waals surface area contributed by atoms with Crippen LogP contribution in [0.15, 0.2) is 12.3 Å². The van der Waals surface area contributed by atoms with E-state index in [4.69, 9.17) is 10.5 Å². The third kappa shape index (κ3) is 2.66. The highest BCUT2D eigenvalue weighted by Crippen LogP contribution is 2.36. The van der Waals surface area contributed by atoms with E-state index in [1.807, 2.05) is 13.0 Å². The highest BCUT2D eigenvalue weighted by atomic mass is 16.5. The van der Waals surface area contributed by atoms with Crippen LogP contribution in [-0.2, 0) is 0 Å². The number of ether oxygens (including phenoxy) is 1. The molecule has 3 rings (SSSR count). The molecule has 1 unspecified atom stereocenters. The number of fused-ring (bicyclic) bond motifs is 1. The van der Waals surface area contributed by atoms with Crippen molar-refractivity contribution in [1.82, 2.24) is 9.97 Å². The molecule has 19 heavy (non-hydrogen) atoms. The molecule has 1 saturated heterocycles. The van der Waals surface area contributed by atoms with Crippen LogP contribution in [0.4, 0.5) is 5.95 Å². The summed E-state index contributed by atoms with van der Waals surface area (Å²) in [4.78, 5) is 11.2. The molecule has 1 aromatic heterocycles. The number of hydrogen-bond donors (Lipinski definition) is 1. The fraction of sp³-hybridized carbons (Fsp3) is 0.714. The number of rotatable bonds is 3. The van der Waals surface area contributed by atoms with Crippen molar-refractivity contribution in [3.63, 3.8) is 0 Å². The molecule has 2 aliphatic rings. The number of anilines is 1. The first-order valence-corrected chi connectivity index (χ1v) is 7.22. The summed E-state index contributed by atoms with van der Waals surface area (Å²) in [6, 6.07) is 2.20. The van der Waals surface area contributed by atoms with Gasteiger partial charge in [0.25, 0.3) is 0 Å². The highest BCUT2D eigenvalue weighted by molar-refractivity contribution is 5.34. The fourth-order valence-corrected chi connectivity index (χ4v) is 3.34. The van der Waals surface area contributed by atoms with Crippen LogP contribution in [0.3, 0.4) is 0 Å². The van der Waals surface area contributed by atoms with Crippen molar-refractivity contribution in [3.05, 3.63) is 12.3 Å². The van der Waals surface area contributed by atoms with E-state index in [9.17, 15) is 0 Å². The van der Waals surface area contributed by atoms with Crippen LogP contribution in [0, 0.1) is 11.8 Å². The van der Waals surface area contributed by atoms with Gasteiger partial charge in [-0.15, -0.1) is 0 Å². The van der Waals surface area contributed by atoms with Gasteiger partial charge in [-0.05, 0) is 38.0 Å². The average Bonchev–Trinajstić information content (AvgIpc) is 2.82. The van der Waals surface area contributed by atoms with Gasteiger partial charge in [-0.1, -0.05) is 0 Å². The van der Waals surface area contributed by atoms with Crippen molar-refractivity contribution in [3.8, 4) is 5.88 Å². The highest BCUT2D eigenvalue weighted by Gasteiger charge is 2.37. The molecule has 2 heterocycles. The zero-order valence-electron chi connectivity index (χ0n) is 11.5. The Balaban J connectivity index is 1.71. The molecule has 1 saturated carbocycles.